The number of rotatable bonds is 2. The first-order valence-corrected chi connectivity index (χ1v) is 2.75. The van der Waals surface area contributed by atoms with Crippen molar-refractivity contribution in [1.82, 2.24) is 0 Å². The lowest BCUT2D eigenvalue weighted by molar-refractivity contribution is -0.138. The smallest absolute Gasteiger partial charge is 0.350 e. The van der Waals surface area contributed by atoms with Gasteiger partial charge in [0.1, 0.15) is 6.07 Å². The average molecular weight is 140 g/mol. The van der Waals surface area contributed by atoms with E-state index in [0.29, 0.717) is 0 Å². The van der Waals surface area contributed by atoms with Crippen LogP contribution in [0.15, 0.2) is 11.8 Å². The van der Waals surface area contributed by atoms with Gasteiger partial charge < -0.3 is 10.5 Å². The molecule has 0 bridgehead atoms. The molecule has 4 nitrogen and oxygen atoms in total. The zero-order chi connectivity index (χ0) is 7.98. The Kier molecular flexibility index (Phi) is 3.73. The predicted molar refractivity (Wildman–Crippen MR) is 34.5 cm³/mol. The highest BCUT2D eigenvalue weighted by molar-refractivity contribution is 5.92. The van der Waals surface area contributed by atoms with E-state index in [0.717, 1.165) is 6.20 Å². The van der Waals surface area contributed by atoms with Crippen LogP contribution in [0.5, 0.6) is 0 Å². The lowest BCUT2D eigenvalue weighted by Crippen LogP contribution is -2.07. The summed E-state index contributed by atoms with van der Waals surface area (Å²) in [5.74, 6) is -0.674. The summed E-state index contributed by atoms with van der Waals surface area (Å²) in [5, 5.41) is 8.22. The molecule has 0 aliphatic rings. The van der Waals surface area contributed by atoms with Gasteiger partial charge >= 0.3 is 5.97 Å². The molecule has 0 radical (unpaired) electrons. The molecule has 0 saturated heterocycles. The van der Waals surface area contributed by atoms with E-state index >= 15 is 0 Å². The van der Waals surface area contributed by atoms with E-state index in [-0.39, 0.29) is 12.2 Å². The maximum Gasteiger partial charge on any atom is 0.350 e. The Balaban J connectivity index is 4.08. The van der Waals surface area contributed by atoms with E-state index in [1.54, 1.807) is 13.0 Å². The summed E-state index contributed by atoms with van der Waals surface area (Å²) in [7, 11) is 0. The van der Waals surface area contributed by atoms with Crippen molar-refractivity contribution < 1.29 is 9.53 Å². The fourth-order valence-electron chi connectivity index (χ4n) is 0.360. The Labute approximate surface area is 58.9 Å². The van der Waals surface area contributed by atoms with Crippen LogP contribution in [0, 0.1) is 11.3 Å². The molecule has 0 aromatic carbocycles. The summed E-state index contributed by atoms with van der Waals surface area (Å²) in [6, 6.07) is 1.60. The fraction of sp³-hybridized carbons (Fsp3) is 0.333. The Bertz CT molecular complexity index is 190. The number of esters is 1. The van der Waals surface area contributed by atoms with Crippen molar-refractivity contribution in [2.75, 3.05) is 6.61 Å². The number of hydrogen-bond donors (Lipinski definition) is 1. The first-order chi connectivity index (χ1) is 4.76. The first-order valence-electron chi connectivity index (χ1n) is 2.75. The van der Waals surface area contributed by atoms with Crippen molar-refractivity contribution >= 4 is 5.97 Å². The maximum atomic E-state index is 10.6. The topological polar surface area (TPSA) is 76.1 Å². The molecule has 0 atom stereocenters. The molecule has 10 heavy (non-hydrogen) atoms. The van der Waals surface area contributed by atoms with E-state index in [2.05, 4.69) is 4.74 Å². The quantitative estimate of drug-likeness (QED) is 0.330. The molecule has 54 valence electrons. The van der Waals surface area contributed by atoms with Crippen LogP contribution >= 0.6 is 0 Å². The minimum absolute atomic E-state index is 0.165. The third-order valence-electron chi connectivity index (χ3n) is 0.782. The maximum absolute atomic E-state index is 10.6. The van der Waals surface area contributed by atoms with Crippen molar-refractivity contribution in [2.24, 2.45) is 5.73 Å². The minimum atomic E-state index is -0.674. The zero-order valence-corrected chi connectivity index (χ0v) is 5.63. The second kappa shape index (κ2) is 4.39. The van der Waals surface area contributed by atoms with Crippen molar-refractivity contribution in [3.8, 4) is 6.07 Å². The lowest BCUT2D eigenvalue weighted by atomic mass is 10.3. The highest BCUT2D eigenvalue weighted by Gasteiger charge is 2.06. The van der Waals surface area contributed by atoms with Crippen LogP contribution < -0.4 is 5.73 Å². The largest absolute Gasteiger partial charge is 0.462 e. The summed E-state index contributed by atoms with van der Waals surface area (Å²) >= 11 is 0. The molecular weight excluding hydrogens is 132 g/mol. The van der Waals surface area contributed by atoms with Crippen LogP contribution in [0.25, 0.3) is 0 Å². The number of nitriles is 1. The van der Waals surface area contributed by atoms with Gasteiger partial charge in [-0.25, -0.2) is 4.79 Å². The molecule has 0 fully saturated rings. The van der Waals surface area contributed by atoms with Crippen LogP contribution in [-0.2, 0) is 9.53 Å². The highest BCUT2D eigenvalue weighted by atomic mass is 16.5. The molecule has 0 aliphatic carbocycles. The number of ether oxygens (including phenoxy) is 1. The van der Waals surface area contributed by atoms with E-state index in [4.69, 9.17) is 11.0 Å². The van der Waals surface area contributed by atoms with E-state index in [1.165, 1.54) is 0 Å². The highest BCUT2D eigenvalue weighted by Crippen LogP contribution is 1.92. The lowest BCUT2D eigenvalue weighted by Gasteiger charge is -1.96. The molecule has 4 heteroatoms. The van der Waals surface area contributed by atoms with Crippen LogP contribution in [0.3, 0.4) is 0 Å². The van der Waals surface area contributed by atoms with Crippen LogP contribution in [0.4, 0.5) is 0 Å². The molecule has 0 aromatic heterocycles. The molecule has 0 aromatic rings. The Morgan fingerprint density at radius 2 is 2.50 bits per heavy atom. The van der Waals surface area contributed by atoms with Crippen molar-refractivity contribution in [2.45, 2.75) is 6.92 Å². The van der Waals surface area contributed by atoms with Gasteiger partial charge in [0.05, 0.1) is 6.61 Å². The van der Waals surface area contributed by atoms with Gasteiger partial charge in [-0.3, -0.25) is 0 Å². The Hall–Kier alpha value is -1.50. The van der Waals surface area contributed by atoms with Gasteiger partial charge in [0.2, 0.25) is 0 Å². The SMILES string of the molecule is CCOC(=O)/C(C#N)=C\N. The monoisotopic (exact) mass is 140 g/mol. The molecule has 2 N–H and O–H groups in total. The summed E-state index contributed by atoms with van der Waals surface area (Å²) in [6.07, 6.45) is 0.929. The van der Waals surface area contributed by atoms with Gasteiger partial charge in [0.25, 0.3) is 0 Å². The molecule has 0 amide bonds. The van der Waals surface area contributed by atoms with Gasteiger partial charge in [-0.05, 0) is 6.92 Å². The summed E-state index contributed by atoms with van der Waals surface area (Å²) < 4.78 is 4.48. The van der Waals surface area contributed by atoms with Crippen molar-refractivity contribution in [1.29, 1.82) is 5.26 Å². The second-order valence-electron chi connectivity index (χ2n) is 1.41. The zero-order valence-electron chi connectivity index (χ0n) is 5.63. The Morgan fingerprint density at radius 1 is 1.90 bits per heavy atom. The van der Waals surface area contributed by atoms with Gasteiger partial charge in [-0.15, -0.1) is 0 Å². The number of nitrogens with zero attached hydrogens (tertiary/aromatic N) is 1. The van der Waals surface area contributed by atoms with Gasteiger partial charge in [0.15, 0.2) is 5.57 Å². The molecule has 0 aliphatic heterocycles. The molecule has 0 heterocycles. The molecular formula is C6H8N2O2. The van der Waals surface area contributed by atoms with Crippen LogP contribution in [0.2, 0.25) is 0 Å². The standard InChI is InChI=1S/C6H8N2O2/c1-2-10-6(9)5(3-7)4-8/h3H,2,7H2,1H3/b5-3-. The van der Waals surface area contributed by atoms with Crippen LogP contribution in [0.1, 0.15) is 6.92 Å². The predicted octanol–water partition coefficient (Wildman–Crippen LogP) is -0.0843. The van der Waals surface area contributed by atoms with E-state index in [9.17, 15) is 4.79 Å². The van der Waals surface area contributed by atoms with Gasteiger partial charge in [0, 0.05) is 6.20 Å². The first kappa shape index (κ1) is 8.50. The normalized spacial score (nSPS) is 10.2. The minimum Gasteiger partial charge on any atom is -0.462 e. The van der Waals surface area contributed by atoms with Crippen molar-refractivity contribution in [3.63, 3.8) is 0 Å². The Morgan fingerprint density at radius 3 is 2.80 bits per heavy atom. The summed E-state index contributed by atoms with van der Waals surface area (Å²) in [4.78, 5) is 10.6. The van der Waals surface area contributed by atoms with Gasteiger partial charge in [-0.1, -0.05) is 0 Å². The van der Waals surface area contributed by atoms with E-state index < -0.39 is 5.97 Å². The summed E-state index contributed by atoms with van der Waals surface area (Å²) in [5.41, 5.74) is 4.76. The number of nitrogens with two attached hydrogens (primary N) is 1. The molecule has 0 rings (SSSR count). The average Bonchev–Trinajstić information content (AvgIpc) is 1.91. The van der Waals surface area contributed by atoms with Crippen LogP contribution in [-0.4, -0.2) is 12.6 Å². The second-order valence-corrected chi connectivity index (χ2v) is 1.41. The summed E-state index contributed by atoms with van der Waals surface area (Å²) in [6.45, 7) is 1.90. The number of carbonyl (C=O) groups is 1. The van der Waals surface area contributed by atoms with Crippen molar-refractivity contribution in [3.05, 3.63) is 11.8 Å². The number of carbonyl (C=O) groups excluding carboxylic acids is 1. The fourth-order valence-corrected chi connectivity index (χ4v) is 0.360. The van der Waals surface area contributed by atoms with E-state index in [1.807, 2.05) is 0 Å². The number of hydrogen-bond acceptors (Lipinski definition) is 4. The third kappa shape index (κ3) is 2.18. The molecule has 0 saturated carbocycles. The third-order valence-corrected chi connectivity index (χ3v) is 0.782. The van der Waals surface area contributed by atoms with Gasteiger partial charge in [-0.2, -0.15) is 5.26 Å². The molecule has 0 unspecified atom stereocenters. The molecule has 0 spiro atoms.